The molecule has 1 aromatic rings. The number of nitrogens with one attached hydrogen (secondary N) is 1. The van der Waals surface area contributed by atoms with Gasteiger partial charge in [0.1, 0.15) is 0 Å². The molecule has 20 heavy (non-hydrogen) atoms. The molecular formula is C15H24N2O3. The van der Waals surface area contributed by atoms with Crippen molar-refractivity contribution in [3.8, 4) is 11.5 Å². The van der Waals surface area contributed by atoms with Crippen LogP contribution in [0, 0.1) is 0 Å². The van der Waals surface area contributed by atoms with E-state index in [1.807, 2.05) is 19.1 Å². The van der Waals surface area contributed by atoms with Crippen LogP contribution in [0.15, 0.2) is 18.2 Å². The second-order valence-electron chi connectivity index (χ2n) is 4.84. The molecule has 1 aromatic carbocycles. The number of hydrogen-bond donors (Lipinski definition) is 2. The van der Waals surface area contributed by atoms with Crippen LogP contribution in [0.1, 0.15) is 25.3 Å². The summed E-state index contributed by atoms with van der Waals surface area (Å²) in [5, 5.41) is 2.89. The molecule has 112 valence electrons. The maximum Gasteiger partial charge on any atom is 0.224 e. The summed E-state index contributed by atoms with van der Waals surface area (Å²) in [6.07, 6.45) is 2.14. The van der Waals surface area contributed by atoms with Crippen molar-refractivity contribution in [2.24, 2.45) is 5.73 Å². The van der Waals surface area contributed by atoms with Crippen molar-refractivity contribution in [1.82, 2.24) is 5.32 Å². The van der Waals surface area contributed by atoms with Crippen LogP contribution in [0.4, 0.5) is 0 Å². The molecule has 0 saturated heterocycles. The molecule has 0 aliphatic heterocycles. The molecule has 0 bridgehead atoms. The number of ether oxygens (including phenoxy) is 2. The van der Waals surface area contributed by atoms with Gasteiger partial charge in [-0.3, -0.25) is 4.79 Å². The van der Waals surface area contributed by atoms with E-state index in [0.717, 1.165) is 18.4 Å². The Morgan fingerprint density at radius 1 is 1.30 bits per heavy atom. The van der Waals surface area contributed by atoms with Crippen LogP contribution in [0.25, 0.3) is 0 Å². The van der Waals surface area contributed by atoms with E-state index in [1.165, 1.54) is 0 Å². The molecule has 0 spiro atoms. The number of carbonyl (C=O) groups is 1. The Morgan fingerprint density at radius 2 is 2.00 bits per heavy atom. The molecule has 0 aliphatic carbocycles. The zero-order valence-corrected chi connectivity index (χ0v) is 12.4. The standard InChI is InChI=1S/C15H24N2O3/c1-11(16)5-4-8-17-15(18)10-12-6-7-13(19-2)14(9-12)20-3/h6-7,9,11H,4-5,8,10,16H2,1-3H3,(H,17,18). The van der Waals surface area contributed by atoms with Gasteiger partial charge in [-0.1, -0.05) is 6.07 Å². The lowest BCUT2D eigenvalue weighted by Gasteiger charge is -2.10. The predicted octanol–water partition coefficient (Wildman–Crippen LogP) is 1.49. The Morgan fingerprint density at radius 3 is 2.60 bits per heavy atom. The van der Waals surface area contributed by atoms with Gasteiger partial charge in [-0.15, -0.1) is 0 Å². The highest BCUT2D eigenvalue weighted by Gasteiger charge is 2.08. The van der Waals surface area contributed by atoms with Crippen molar-refractivity contribution < 1.29 is 14.3 Å². The highest BCUT2D eigenvalue weighted by Crippen LogP contribution is 2.27. The van der Waals surface area contributed by atoms with Gasteiger partial charge in [0.05, 0.1) is 20.6 Å². The van der Waals surface area contributed by atoms with Crippen LogP contribution in [-0.4, -0.2) is 32.7 Å². The molecule has 0 radical (unpaired) electrons. The summed E-state index contributed by atoms with van der Waals surface area (Å²) in [7, 11) is 3.17. The molecule has 0 aromatic heterocycles. The largest absolute Gasteiger partial charge is 0.493 e. The quantitative estimate of drug-likeness (QED) is 0.708. The number of carbonyl (C=O) groups excluding carboxylic acids is 1. The second kappa shape index (κ2) is 8.43. The zero-order chi connectivity index (χ0) is 15.0. The maximum atomic E-state index is 11.8. The molecule has 0 heterocycles. The van der Waals surface area contributed by atoms with Crippen LogP contribution in [0.2, 0.25) is 0 Å². The topological polar surface area (TPSA) is 73.6 Å². The summed E-state index contributed by atoms with van der Waals surface area (Å²) in [6, 6.07) is 5.67. The lowest BCUT2D eigenvalue weighted by atomic mass is 10.1. The summed E-state index contributed by atoms with van der Waals surface area (Å²) in [5.41, 5.74) is 6.55. The van der Waals surface area contributed by atoms with E-state index >= 15 is 0 Å². The first-order valence-electron chi connectivity index (χ1n) is 6.80. The average Bonchev–Trinajstić information content (AvgIpc) is 2.43. The maximum absolute atomic E-state index is 11.8. The fraction of sp³-hybridized carbons (Fsp3) is 0.533. The van der Waals surface area contributed by atoms with E-state index in [0.29, 0.717) is 24.5 Å². The summed E-state index contributed by atoms with van der Waals surface area (Å²) >= 11 is 0. The van der Waals surface area contributed by atoms with Gasteiger partial charge in [-0.05, 0) is 37.5 Å². The highest BCUT2D eigenvalue weighted by molar-refractivity contribution is 5.78. The van der Waals surface area contributed by atoms with Crippen molar-refractivity contribution >= 4 is 5.91 Å². The summed E-state index contributed by atoms with van der Waals surface area (Å²) < 4.78 is 10.4. The van der Waals surface area contributed by atoms with Gasteiger partial charge in [-0.25, -0.2) is 0 Å². The molecule has 1 atom stereocenters. The number of nitrogens with two attached hydrogens (primary N) is 1. The van der Waals surface area contributed by atoms with E-state index < -0.39 is 0 Å². The van der Waals surface area contributed by atoms with Gasteiger partial charge in [0.15, 0.2) is 11.5 Å². The first kappa shape index (κ1) is 16.3. The summed E-state index contributed by atoms with van der Waals surface area (Å²) in [5.74, 6) is 1.30. The number of amides is 1. The van der Waals surface area contributed by atoms with Crippen molar-refractivity contribution in [3.05, 3.63) is 23.8 Å². The van der Waals surface area contributed by atoms with Gasteiger partial charge < -0.3 is 20.5 Å². The van der Waals surface area contributed by atoms with Crippen molar-refractivity contribution in [1.29, 1.82) is 0 Å². The number of benzene rings is 1. The molecule has 1 rings (SSSR count). The van der Waals surface area contributed by atoms with Crippen LogP contribution < -0.4 is 20.5 Å². The third kappa shape index (κ3) is 5.48. The minimum atomic E-state index is 0.00175. The summed E-state index contributed by atoms with van der Waals surface area (Å²) in [6.45, 7) is 2.62. The predicted molar refractivity (Wildman–Crippen MR) is 79.1 cm³/mol. The van der Waals surface area contributed by atoms with Crippen LogP contribution in [-0.2, 0) is 11.2 Å². The first-order valence-corrected chi connectivity index (χ1v) is 6.80. The second-order valence-corrected chi connectivity index (χ2v) is 4.84. The number of methoxy groups -OCH3 is 2. The van der Waals surface area contributed by atoms with Crippen molar-refractivity contribution in [2.75, 3.05) is 20.8 Å². The fourth-order valence-electron chi connectivity index (χ4n) is 1.89. The van der Waals surface area contributed by atoms with Crippen LogP contribution in [0.5, 0.6) is 11.5 Å². The minimum Gasteiger partial charge on any atom is -0.493 e. The van der Waals surface area contributed by atoms with Crippen molar-refractivity contribution in [2.45, 2.75) is 32.2 Å². The average molecular weight is 280 g/mol. The molecule has 1 amide bonds. The lowest BCUT2D eigenvalue weighted by molar-refractivity contribution is -0.120. The third-order valence-electron chi connectivity index (χ3n) is 2.97. The van der Waals surface area contributed by atoms with Gasteiger partial charge >= 0.3 is 0 Å². The van der Waals surface area contributed by atoms with Crippen LogP contribution >= 0.6 is 0 Å². The molecule has 0 saturated carbocycles. The fourth-order valence-corrected chi connectivity index (χ4v) is 1.89. The van der Waals surface area contributed by atoms with Gasteiger partial charge in [-0.2, -0.15) is 0 Å². The monoisotopic (exact) mass is 280 g/mol. The lowest BCUT2D eigenvalue weighted by Crippen LogP contribution is -2.27. The molecule has 0 fully saturated rings. The SMILES string of the molecule is COc1ccc(CC(=O)NCCCC(C)N)cc1OC. The van der Waals surface area contributed by atoms with E-state index in [4.69, 9.17) is 15.2 Å². The molecule has 3 N–H and O–H groups in total. The minimum absolute atomic E-state index is 0.00175. The van der Waals surface area contributed by atoms with E-state index in [-0.39, 0.29) is 11.9 Å². The number of rotatable bonds is 8. The third-order valence-corrected chi connectivity index (χ3v) is 2.97. The Balaban J connectivity index is 2.45. The molecule has 5 heteroatoms. The summed E-state index contributed by atoms with van der Waals surface area (Å²) in [4.78, 5) is 11.8. The molecule has 5 nitrogen and oxygen atoms in total. The van der Waals surface area contributed by atoms with Gasteiger partial charge in [0, 0.05) is 12.6 Å². The molecule has 0 aliphatic rings. The highest BCUT2D eigenvalue weighted by atomic mass is 16.5. The normalized spacial score (nSPS) is 11.8. The van der Waals surface area contributed by atoms with E-state index in [9.17, 15) is 4.79 Å². The van der Waals surface area contributed by atoms with E-state index in [2.05, 4.69) is 5.32 Å². The molecular weight excluding hydrogens is 256 g/mol. The van der Waals surface area contributed by atoms with Crippen LogP contribution in [0.3, 0.4) is 0 Å². The number of hydrogen-bond acceptors (Lipinski definition) is 4. The Hall–Kier alpha value is -1.75. The van der Waals surface area contributed by atoms with E-state index in [1.54, 1.807) is 20.3 Å². The zero-order valence-electron chi connectivity index (χ0n) is 12.4. The van der Waals surface area contributed by atoms with Crippen molar-refractivity contribution in [3.63, 3.8) is 0 Å². The Kier molecular flexibility index (Phi) is 6.87. The smallest absolute Gasteiger partial charge is 0.224 e. The Bertz CT molecular complexity index is 433. The van der Waals surface area contributed by atoms with Gasteiger partial charge in [0.25, 0.3) is 0 Å². The van der Waals surface area contributed by atoms with Gasteiger partial charge in [0.2, 0.25) is 5.91 Å². The Labute approximate surface area is 120 Å². The molecule has 1 unspecified atom stereocenters. The first-order chi connectivity index (χ1) is 9.56.